The summed E-state index contributed by atoms with van der Waals surface area (Å²) in [6, 6.07) is 0. The Morgan fingerprint density at radius 1 is 0.760 bits per heavy atom. The van der Waals surface area contributed by atoms with E-state index in [0.29, 0.717) is 5.41 Å². The molecule has 0 amide bonds. The summed E-state index contributed by atoms with van der Waals surface area (Å²) in [7, 11) is 4.49. The van der Waals surface area contributed by atoms with E-state index in [-0.39, 0.29) is 19.2 Å². The molecule has 0 aliphatic heterocycles. The second kappa shape index (κ2) is 11.8. The first-order valence-electron chi connectivity index (χ1n) is 10.8. The van der Waals surface area contributed by atoms with E-state index in [1.807, 2.05) is 22.3 Å². The van der Waals surface area contributed by atoms with Crippen LogP contribution < -0.4 is 0 Å². The van der Waals surface area contributed by atoms with E-state index in [9.17, 15) is 0 Å². The van der Waals surface area contributed by atoms with Crippen LogP contribution in [0.15, 0.2) is 22.3 Å². The van der Waals surface area contributed by atoms with Crippen LogP contribution in [0.4, 0.5) is 0 Å². The summed E-state index contributed by atoms with van der Waals surface area (Å²) in [5.74, 6) is 0. The van der Waals surface area contributed by atoms with Crippen LogP contribution in [0.5, 0.6) is 0 Å². The molecule has 25 heavy (non-hydrogen) atoms. The molecule has 0 spiro atoms. The van der Waals surface area contributed by atoms with E-state index in [1.165, 1.54) is 69.1 Å². The Bertz CT molecular complexity index is 427. The zero-order chi connectivity index (χ0) is 18.9. The molecule has 0 bridgehead atoms. The summed E-state index contributed by atoms with van der Waals surface area (Å²) in [6.45, 7) is 10.7. The normalized spacial score (nSPS) is 21.0. The van der Waals surface area contributed by atoms with Gasteiger partial charge < -0.3 is 0 Å². The topological polar surface area (TPSA) is 3.24 Å². The van der Waals surface area contributed by atoms with Gasteiger partial charge in [-0.2, -0.15) is 0 Å². The van der Waals surface area contributed by atoms with Crippen molar-refractivity contribution in [3.8, 4) is 0 Å². The quantitative estimate of drug-likeness (QED) is 0.303. The zero-order valence-electron chi connectivity index (χ0n) is 18.2. The summed E-state index contributed by atoms with van der Waals surface area (Å²) in [4.78, 5) is 2.40. The maximum absolute atomic E-state index is 2.50. The van der Waals surface area contributed by atoms with Crippen LogP contribution in [-0.2, 0) is 19.2 Å². The third-order valence-corrected chi connectivity index (χ3v) is 6.87. The Kier molecular flexibility index (Phi) is 10.9. The number of allylic oxidation sites excluding steroid dienone is 4. The van der Waals surface area contributed by atoms with Gasteiger partial charge in [-0.3, -0.25) is 0 Å². The van der Waals surface area contributed by atoms with Gasteiger partial charge in [0, 0.05) is 0 Å². The molecule has 144 valence electrons. The number of hydrogen-bond acceptors (Lipinski definition) is 1. The molecule has 1 atom stereocenters. The van der Waals surface area contributed by atoms with Gasteiger partial charge in [-0.1, -0.05) is 0 Å². The van der Waals surface area contributed by atoms with Gasteiger partial charge >= 0.3 is 168 Å². The summed E-state index contributed by atoms with van der Waals surface area (Å²) in [5.41, 5.74) is 7.83. The van der Waals surface area contributed by atoms with Crippen LogP contribution in [0.3, 0.4) is 0 Å². The first-order valence-corrected chi connectivity index (χ1v) is 13.4. The van der Waals surface area contributed by atoms with Crippen molar-refractivity contribution in [1.29, 1.82) is 0 Å². The molecule has 0 aromatic heterocycles. The molecular formula is C23H43NTi. The van der Waals surface area contributed by atoms with Crippen LogP contribution in [0, 0.1) is 5.41 Å². The summed E-state index contributed by atoms with van der Waals surface area (Å²) < 4.78 is 1.43. The number of rotatable bonds is 13. The van der Waals surface area contributed by atoms with Crippen molar-refractivity contribution in [2.75, 3.05) is 20.6 Å². The molecule has 0 aromatic rings. The van der Waals surface area contributed by atoms with Crippen molar-refractivity contribution in [3.05, 3.63) is 22.3 Å². The van der Waals surface area contributed by atoms with Crippen LogP contribution in [0.2, 0.25) is 9.95 Å². The molecule has 0 N–H and O–H groups in total. The van der Waals surface area contributed by atoms with Crippen LogP contribution in [-0.4, -0.2) is 25.5 Å². The molecule has 0 radical (unpaired) electrons. The van der Waals surface area contributed by atoms with Crippen LogP contribution in [0.25, 0.3) is 0 Å². The predicted molar refractivity (Wildman–Crippen MR) is 110 cm³/mol. The number of hydrogen-bond donors (Lipinski definition) is 0. The van der Waals surface area contributed by atoms with Crippen LogP contribution in [0.1, 0.15) is 85.5 Å². The van der Waals surface area contributed by atoms with Crippen molar-refractivity contribution >= 4 is 0 Å². The fraction of sp³-hybridized carbons (Fsp3) is 0.826. The molecule has 1 unspecified atom stereocenters. The minimum atomic E-state index is 0.167. The fourth-order valence-electron chi connectivity index (χ4n) is 4.89. The number of nitrogens with zero attached hydrogens (tertiary/aromatic N) is 1. The molecule has 0 heterocycles. The molecule has 2 heteroatoms. The standard InChI is InChI=1S/C22H40N.CH3.Ti/c1-8-12-19-18(5)22(15-11-4,16-17-23(6)7)21(14-10-3)20(19)13-9-2;;/h5,8-17H2,1-4,6-7H3;1H3;. The van der Waals surface area contributed by atoms with E-state index in [1.54, 1.807) is 0 Å². The van der Waals surface area contributed by atoms with Gasteiger partial charge in [0.25, 0.3) is 0 Å². The first-order chi connectivity index (χ1) is 12.0. The van der Waals surface area contributed by atoms with Crippen molar-refractivity contribution in [2.45, 2.75) is 95.4 Å². The first kappa shape index (κ1) is 23.2. The average Bonchev–Trinajstić information content (AvgIpc) is 2.79. The van der Waals surface area contributed by atoms with E-state index < -0.39 is 0 Å². The molecule has 1 nitrogen and oxygen atoms in total. The van der Waals surface area contributed by atoms with Crippen molar-refractivity contribution in [1.82, 2.24) is 4.90 Å². The van der Waals surface area contributed by atoms with Gasteiger partial charge in [-0.25, -0.2) is 0 Å². The second-order valence-electron chi connectivity index (χ2n) is 8.08. The van der Waals surface area contributed by atoms with Gasteiger partial charge in [0.05, 0.1) is 0 Å². The van der Waals surface area contributed by atoms with E-state index in [2.05, 4.69) is 51.9 Å². The molecule has 1 aliphatic rings. The van der Waals surface area contributed by atoms with Gasteiger partial charge in [-0.15, -0.1) is 0 Å². The van der Waals surface area contributed by atoms with Crippen molar-refractivity contribution in [3.63, 3.8) is 0 Å². The average molecular weight is 381 g/mol. The van der Waals surface area contributed by atoms with Gasteiger partial charge in [0.1, 0.15) is 0 Å². The molecule has 1 aliphatic carbocycles. The monoisotopic (exact) mass is 381 g/mol. The van der Waals surface area contributed by atoms with Crippen LogP contribution >= 0.6 is 0 Å². The maximum atomic E-state index is 2.50. The predicted octanol–water partition coefficient (Wildman–Crippen LogP) is 7.28. The SMILES string of the molecule is CCCC1=C(CCC)C(CCC)(CCN(C)C)C([CH2][Ti][CH3])=C1CCC. The van der Waals surface area contributed by atoms with E-state index in [4.69, 9.17) is 0 Å². The second-order valence-corrected chi connectivity index (χ2v) is 9.74. The Hall–Kier alpha value is 0.154. The Morgan fingerprint density at radius 3 is 1.76 bits per heavy atom. The molecule has 0 saturated carbocycles. The molecule has 0 aromatic carbocycles. The van der Waals surface area contributed by atoms with Gasteiger partial charge in [-0.05, 0) is 0 Å². The van der Waals surface area contributed by atoms with Gasteiger partial charge in [0.2, 0.25) is 0 Å². The zero-order valence-corrected chi connectivity index (χ0v) is 19.8. The van der Waals surface area contributed by atoms with Gasteiger partial charge in [0.15, 0.2) is 0 Å². The third-order valence-electron chi connectivity index (χ3n) is 5.76. The van der Waals surface area contributed by atoms with E-state index in [0.717, 1.165) is 0 Å². The summed E-state index contributed by atoms with van der Waals surface area (Å²) in [5, 5.41) is 2.50. The minimum absolute atomic E-state index is 0.167. The fourth-order valence-corrected chi connectivity index (χ4v) is 6.30. The van der Waals surface area contributed by atoms with Crippen molar-refractivity contribution in [2.24, 2.45) is 5.41 Å². The molecule has 1 rings (SSSR count). The van der Waals surface area contributed by atoms with Crippen molar-refractivity contribution < 1.29 is 19.2 Å². The Balaban J connectivity index is 3.53. The molecule has 0 fully saturated rings. The third kappa shape index (κ3) is 5.57. The Labute approximate surface area is 167 Å². The Morgan fingerprint density at radius 2 is 1.32 bits per heavy atom. The molecular weight excluding hydrogens is 338 g/mol. The van der Waals surface area contributed by atoms with E-state index >= 15 is 0 Å². The summed E-state index contributed by atoms with van der Waals surface area (Å²) in [6.07, 6.45) is 11.9. The molecule has 0 saturated heterocycles. The summed E-state index contributed by atoms with van der Waals surface area (Å²) >= 11 is 0.167.